The first-order valence-corrected chi connectivity index (χ1v) is 10.6. The predicted octanol–water partition coefficient (Wildman–Crippen LogP) is 2.88. The van der Waals surface area contributed by atoms with E-state index < -0.39 is 12.0 Å². The van der Waals surface area contributed by atoms with Crippen LogP contribution in [0.5, 0.6) is 0 Å². The maximum absolute atomic E-state index is 13.1. The van der Waals surface area contributed by atoms with Crippen LogP contribution in [0.15, 0.2) is 30.3 Å². The number of benzene rings is 1. The minimum absolute atomic E-state index is 0.0152. The van der Waals surface area contributed by atoms with Gasteiger partial charge in [0.25, 0.3) is 5.82 Å². The van der Waals surface area contributed by atoms with Gasteiger partial charge in [-0.25, -0.2) is 0 Å². The molecule has 0 radical (unpaired) electrons. The molecule has 9 nitrogen and oxygen atoms in total. The molecule has 2 aromatic heterocycles. The van der Waals surface area contributed by atoms with Gasteiger partial charge in [-0.15, -0.1) is 15.3 Å². The molecule has 1 saturated heterocycles. The highest BCUT2D eigenvalue weighted by Gasteiger charge is 2.38. The van der Waals surface area contributed by atoms with E-state index in [9.17, 15) is 22.8 Å². The molecule has 0 unspecified atom stereocenters. The van der Waals surface area contributed by atoms with Crippen molar-refractivity contribution >= 4 is 34.7 Å². The number of anilines is 3. The van der Waals surface area contributed by atoms with Gasteiger partial charge >= 0.3 is 6.18 Å². The van der Waals surface area contributed by atoms with Crippen molar-refractivity contribution in [3.63, 3.8) is 0 Å². The van der Waals surface area contributed by atoms with Crippen molar-refractivity contribution < 1.29 is 22.8 Å². The fourth-order valence-electron chi connectivity index (χ4n) is 4.20. The molecular weight excluding hydrogens is 439 g/mol. The highest BCUT2D eigenvalue weighted by molar-refractivity contribution is 5.96. The first-order chi connectivity index (χ1) is 15.8. The van der Waals surface area contributed by atoms with E-state index in [1.807, 2.05) is 11.0 Å². The number of alkyl halides is 3. The summed E-state index contributed by atoms with van der Waals surface area (Å²) in [5, 5.41) is 16.5. The van der Waals surface area contributed by atoms with Gasteiger partial charge < -0.3 is 15.5 Å². The molecule has 2 N–H and O–H groups in total. The van der Waals surface area contributed by atoms with Crippen molar-refractivity contribution in [2.24, 2.45) is 5.92 Å². The van der Waals surface area contributed by atoms with E-state index in [1.54, 1.807) is 18.2 Å². The van der Waals surface area contributed by atoms with Gasteiger partial charge in [0.1, 0.15) is 5.82 Å². The third-order valence-corrected chi connectivity index (χ3v) is 5.96. The van der Waals surface area contributed by atoms with Gasteiger partial charge in [0.05, 0.1) is 0 Å². The third-order valence-electron chi connectivity index (χ3n) is 5.96. The minimum atomic E-state index is -4.65. The van der Waals surface area contributed by atoms with Gasteiger partial charge in [-0.1, -0.05) is 0 Å². The Morgan fingerprint density at radius 1 is 1.09 bits per heavy atom. The van der Waals surface area contributed by atoms with Crippen molar-refractivity contribution in [3.05, 3.63) is 41.7 Å². The maximum atomic E-state index is 13.1. The van der Waals surface area contributed by atoms with Crippen molar-refractivity contribution in [1.29, 1.82) is 0 Å². The summed E-state index contributed by atoms with van der Waals surface area (Å²) < 4.78 is 40.0. The van der Waals surface area contributed by atoms with Crippen LogP contribution in [0, 0.1) is 5.92 Å². The predicted molar refractivity (Wildman–Crippen MR) is 113 cm³/mol. The number of fused-ring (bicyclic) bond motifs is 2. The van der Waals surface area contributed by atoms with E-state index in [0.29, 0.717) is 54.8 Å². The molecular formula is C21H20F3N7O2. The number of halogens is 3. The van der Waals surface area contributed by atoms with Crippen molar-refractivity contribution in [2.75, 3.05) is 28.6 Å². The van der Waals surface area contributed by atoms with Gasteiger partial charge in [0.2, 0.25) is 11.8 Å². The topological polar surface area (TPSA) is 105 Å². The summed E-state index contributed by atoms with van der Waals surface area (Å²) in [6.45, 7) is 0.965. The van der Waals surface area contributed by atoms with E-state index in [1.165, 1.54) is 6.07 Å². The zero-order valence-electron chi connectivity index (χ0n) is 17.4. The average molecular weight is 459 g/mol. The number of carbonyl (C=O) groups excluding carboxylic acids is 2. The quantitative estimate of drug-likeness (QED) is 0.624. The second-order valence-corrected chi connectivity index (χ2v) is 8.15. The largest absolute Gasteiger partial charge is 0.453 e. The number of aryl methyl sites for hydroxylation is 1. The first kappa shape index (κ1) is 21.2. The fourth-order valence-corrected chi connectivity index (χ4v) is 4.20. The molecule has 5 rings (SSSR count). The van der Waals surface area contributed by atoms with Gasteiger partial charge in [0.15, 0.2) is 5.65 Å². The first-order valence-electron chi connectivity index (χ1n) is 10.6. The lowest BCUT2D eigenvalue weighted by Crippen LogP contribution is -2.38. The van der Waals surface area contributed by atoms with Crippen LogP contribution in [0.1, 0.15) is 30.7 Å². The number of carbonyl (C=O) groups is 2. The van der Waals surface area contributed by atoms with Crippen molar-refractivity contribution in [2.45, 2.75) is 31.9 Å². The summed E-state index contributed by atoms with van der Waals surface area (Å²) in [6.07, 6.45) is -2.52. The molecule has 12 heteroatoms. The molecule has 172 valence electrons. The lowest BCUT2D eigenvalue weighted by molar-refractivity contribution is -0.146. The number of hydrogen-bond donors (Lipinski definition) is 2. The Balaban J connectivity index is 1.23. The Kier molecular flexibility index (Phi) is 5.14. The van der Waals surface area contributed by atoms with Gasteiger partial charge in [-0.2, -0.15) is 17.7 Å². The summed E-state index contributed by atoms with van der Waals surface area (Å²) >= 11 is 0. The monoisotopic (exact) mass is 459 g/mol. The van der Waals surface area contributed by atoms with Crippen LogP contribution in [-0.4, -0.2) is 44.7 Å². The lowest BCUT2D eigenvalue weighted by Gasteiger charge is -2.32. The molecule has 0 saturated carbocycles. The molecule has 1 aromatic carbocycles. The summed E-state index contributed by atoms with van der Waals surface area (Å²) in [7, 11) is 0. The number of rotatable bonds is 3. The molecule has 0 spiro atoms. The Bertz CT molecular complexity index is 1230. The summed E-state index contributed by atoms with van der Waals surface area (Å²) in [5.74, 6) is -1.13. The SMILES string of the molecule is O=C1CCc2cc(NC(=O)C3CCN(c4ccc5nnc(C(F)(F)F)n5n4)CC3)ccc2N1. The van der Waals surface area contributed by atoms with Crippen LogP contribution < -0.4 is 15.5 Å². The van der Waals surface area contributed by atoms with Gasteiger partial charge in [0, 0.05) is 36.8 Å². The standard InChI is InChI=1S/C21H20F3N7O2/c22-21(23,24)20-28-27-16-4-5-17(29-31(16)20)30-9-7-12(8-10-30)19(33)25-14-2-3-15-13(11-14)1-6-18(32)26-15/h2-5,11-12H,1,6-10H2,(H,25,33)(H,26,32). The Morgan fingerprint density at radius 2 is 1.88 bits per heavy atom. The van der Waals surface area contributed by atoms with E-state index >= 15 is 0 Å². The highest BCUT2D eigenvalue weighted by atomic mass is 19.4. The molecule has 1 fully saturated rings. The van der Waals surface area contributed by atoms with Crippen LogP contribution in [0.4, 0.5) is 30.4 Å². The van der Waals surface area contributed by atoms with Crippen LogP contribution in [0.3, 0.4) is 0 Å². The van der Waals surface area contributed by atoms with Gasteiger partial charge in [-0.3, -0.25) is 9.59 Å². The zero-order chi connectivity index (χ0) is 23.2. The zero-order valence-corrected chi connectivity index (χ0v) is 17.4. The third kappa shape index (κ3) is 4.20. The number of hydrogen-bond acceptors (Lipinski definition) is 6. The van der Waals surface area contributed by atoms with Gasteiger partial charge in [-0.05, 0) is 55.2 Å². The second-order valence-electron chi connectivity index (χ2n) is 8.15. The number of aromatic nitrogens is 4. The molecule has 33 heavy (non-hydrogen) atoms. The second kappa shape index (κ2) is 8.01. The number of piperidine rings is 1. The Morgan fingerprint density at radius 3 is 2.64 bits per heavy atom. The molecule has 2 amide bonds. The summed E-state index contributed by atoms with van der Waals surface area (Å²) in [4.78, 5) is 26.1. The normalized spacial score (nSPS) is 17.1. The summed E-state index contributed by atoms with van der Waals surface area (Å²) in [6, 6.07) is 8.47. The average Bonchev–Trinajstić information content (AvgIpc) is 3.23. The van der Waals surface area contributed by atoms with E-state index in [2.05, 4.69) is 25.9 Å². The smallest absolute Gasteiger partial charge is 0.355 e. The van der Waals surface area contributed by atoms with Crippen LogP contribution in [0.2, 0.25) is 0 Å². The van der Waals surface area contributed by atoms with Crippen molar-refractivity contribution in [3.8, 4) is 0 Å². The number of nitrogens with zero attached hydrogens (tertiary/aromatic N) is 5. The van der Waals surface area contributed by atoms with Crippen LogP contribution in [-0.2, 0) is 22.2 Å². The summed E-state index contributed by atoms with van der Waals surface area (Å²) in [5.41, 5.74) is 2.45. The maximum Gasteiger partial charge on any atom is 0.453 e. The van der Waals surface area contributed by atoms with Crippen LogP contribution in [0.25, 0.3) is 5.65 Å². The Hall–Kier alpha value is -3.70. The molecule has 2 aliphatic rings. The number of amides is 2. The fraction of sp³-hybridized carbons (Fsp3) is 0.381. The highest BCUT2D eigenvalue weighted by Crippen LogP contribution is 2.30. The van der Waals surface area contributed by atoms with Crippen molar-refractivity contribution in [1.82, 2.24) is 19.8 Å². The Labute approximate surface area is 186 Å². The molecule has 3 aromatic rings. The number of nitrogens with one attached hydrogen (secondary N) is 2. The van der Waals surface area contributed by atoms with E-state index in [-0.39, 0.29) is 23.4 Å². The van der Waals surface area contributed by atoms with E-state index in [4.69, 9.17) is 0 Å². The molecule has 4 heterocycles. The minimum Gasteiger partial charge on any atom is -0.355 e. The molecule has 0 bridgehead atoms. The van der Waals surface area contributed by atoms with E-state index in [0.717, 1.165) is 11.3 Å². The molecule has 0 aliphatic carbocycles. The molecule has 2 aliphatic heterocycles. The lowest BCUT2D eigenvalue weighted by atomic mass is 9.95. The van der Waals surface area contributed by atoms with Crippen LogP contribution >= 0.6 is 0 Å². The molecule has 0 atom stereocenters.